The van der Waals surface area contributed by atoms with Crippen LogP contribution in [0.5, 0.6) is 0 Å². The molecule has 0 bridgehead atoms. The molecule has 1 saturated heterocycles. The first-order valence-corrected chi connectivity index (χ1v) is 14.3. The zero-order valence-electron chi connectivity index (χ0n) is 22.4. The molecule has 9 heteroatoms. The molecule has 2 fully saturated rings. The lowest BCUT2D eigenvalue weighted by atomic mass is 9.92. The highest BCUT2D eigenvalue weighted by molar-refractivity contribution is 7.99. The molecule has 4 nitrogen and oxygen atoms in total. The number of carbonyl (C=O) groups is 1. The molecule has 0 radical (unpaired) electrons. The third-order valence-corrected chi connectivity index (χ3v) is 8.29. The summed E-state index contributed by atoms with van der Waals surface area (Å²) in [4.78, 5) is 14.7. The van der Waals surface area contributed by atoms with E-state index in [1.54, 1.807) is 12.1 Å². The Morgan fingerprint density at radius 3 is 2.47 bits per heavy atom. The van der Waals surface area contributed by atoms with Crippen LogP contribution in [0.3, 0.4) is 0 Å². The van der Waals surface area contributed by atoms with E-state index in [2.05, 4.69) is 9.62 Å². The van der Waals surface area contributed by atoms with Crippen LogP contribution in [0.25, 0.3) is 0 Å². The summed E-state index contributed by atoms with van der Waals surface area (Å²) < 4.78 is 52.6. The maximum atomic E-state index is 15.6. The predicted molar refractivity (Wildman–Crippen MR) is 147 cm³/mol. The van der Waals surface area contributed by atoms with Crippen molar-refractivity contribution in [2.24, 2.45) is 0 Å². The molecular weight excluding hydrogens is 533 g/mol. The topological polar surface area (TPSA) is 41.6 Å². The van der Waals surface area contributed by atoms with E-state index in [1.807, 2.05) is 27.7 Å². The van der Waals surface area contributed by atoms with Gasteiger partial charge in [0.05, 0.1) is 18.8 Å². The van der Waals surface area contributed by atoms with Gasteiger partial charge in [0.25, 0.3) is 5.91 Å². The minimum atomic E-state index is -1.49. The van der Waals surface area contributed by atoms with E-state index >= 15 is 4.39 Å². The maximum Gasteiger partial charge on any atom is 0.264 e. The smallest absolute Gasteiger partial charge is 0.264 e. The van der Waals surface area contributed by atoms with Crippen LogP contribution in [0.1, 0.15) is 92.4 Å². The van der Waals surface area contributed by atoms with Gasteiger partial charge in [-0.05, 0) is 118 Å². The quantitative estimate of drug-likeness (QED) is 0.314. The van der Waals surface area contributed by atoms with Gasteiger partial charge >= 0.3 is 0 Å². The number of amides is 1. The molecule has 1 saturated carbocycles. The summed E-state index contributed by atoms with van der Waals surface area (Å²) in [5, 5.41) is 0.344. The van der Waals surface area contributed by atoms with Crippen LogP contribution < -0.4 is 4.72 Å². The van der Waals surface area contributed by atoms with Crippen LogP contribution in [0.4, 0.5) is 13.2 Å². The van der Waals surface area contributed by atoms with Gasteiger partial charge < -0.3 is 4.74 Å². The average molecular weight is 569 g/mol. The summed E-state index contributed by atoms with van der Waals surface area (Å²) in [6, 6.07) is 7.39. The van der Waals surface area contributed by atoms with E-state index in [-0.39, 0.29) is 54.1 Å². The molecule has 0 aromatic heterocycles. The van der Waals surface area contributed by atoms with Gasteiger partial charge in [-0.15, -0.1) is 0 Å². The van der Waals surface area contributed by atoms with Crippen LogP contribution in [-0.2, 0) is 11.3 Å². The number of benzene rings is 2. The molecule has 1 unspecified atom stereocenters. The summed E-state index contributed by atoms with van der Waals surface area (Å²) in [5.41, 5.74) is 0.875. The average Bonchev–Trinajstić information content (AvgIpc) is 3.67. The van der Waals surface area contributed by atoms with Gasteiger partial charge in [0.15, 0.2) is 0 Å². The van der Waals surface area contributed by atoms with Crippen LogP contribution >= 0.6 is 23.5 Å². The van der Waals surface area contributed by atoms with Crippen LogP contribution in [-0.4, -0.2) is 40.9 Å². The second-order valence-corrected chi connectivity index (χ2v) is 13.6. The predicted octanol–water partition coefficient (Wildman–Crippen LogP) is 7.75. The molecule has 208 valence electrons. The zero-order valence-corrected chi connectivity index (χ0v) is 24.0. The second-order valence-electron chi connectivity index (χ2n) is 11.5. The molecule has 1 amide bonds. The number of hydrogen-bond acceptors (Lipinski definition) is 4. The Bertz CT molecular complexity index is 1140. The van der Waals surface area contributed by atoms with Crippen molar-refractivity contribution in [3.05, 3.63) is 69.2 Å². The number of hydrogen-bond donors (Lipinski definition) is 1. The first-order chi connectivity index (χ1) is 17.8. The molecule has 1 N–H and O–H groups in total. The van der Waals surface area contributed by atoms with E-state index in [0.717, 1.165) is 24.0 Å². The number of rotatable bonds is 9. The van der Waals surface area contributed by atoms with Gasteiger partial charge in [-0.2, -0.15) is 0 Å². The Morgan fingerprint density at radius 1 is 1.18 bits per heavy atom. The Hall–Kier alpha value is -1.74. The SMILES string of the molecule is CC(c1cc(F)cc(Cl)c1)N1CCC(F)(COCc2cc(F)c(C(=O)NSC(C)(C)C)cc2C2CC2)CC1. The molecule has 1 aliphatic heterocycles. The van der Waals surface area contributed by atoms with Crippen LogP contribution in [0.2, 0.25) is 5.02 Å². The van der Waals surface area contributed by atoms with E-state index in [1.165, 1.54) is 30.1 Å². The standard InChI is InChI=1S/C29H36ClF3N2O2S/c1-18(20-11-22(30)14-23(31)12-20)35-9-7-29(33,8-10-35)17-37-16-21-13-26(32)25(15-24(21)19-5-6-19)27(36)34-38-28(2,3)4/h11-15,18-19H,5-10,16-17H2,1-4H3,(H,34,36). The highest BCUT2D eigenvalue weighted by atomic mass is 35.5. The monoisotopic (exact) mass is 568 g/mol. The second kappa shape index (κ2) is 11.8. The molecule has 2 aromatic carbocycles. The zero-order chi connectivity index (χ0) is 27.7. The van der Waals surface area contributed by atoms with Crippen molar-refractivity contribution < 1.29 is 22.7 Å². The number of nitrogens with zero attached hydrogens (tertiary/aromatic N) is 1. The van der Waals surface area contributed by atoms with Crippen LogP contribution in [0, 0.1) is 11.6 Å². The summed E-state index contributed by atoms with van der Waals surface area (Å²) in [7, 11) is 0. The normalized spacial score (nSPS) is 18.8. The number of piperidine rings is 1. The van der Waals surface area contributed by atoms with Crippen molar-refractivity contribution in [1.29, 1.82) is 0 Å². The molecular formula is C29H36ClF3N2O2S. The van der Waals surface area contributed by atoms with E-state index in [4.69, 9.17) is 16.3 Å². The lowest BCUT2D eigenvalue weighted by molar-refractivity contribution is -0.0367. The molecule has 2 aliphatic rings. The minimum Gasteiger partial charge on any atom is -0.373 e. The Kier molecular flexibility index (Phi) is 9.07. The molecule has 1 heterocycles. The first kappa shape index (κ1) is 29.2. The van der Waals surface area contributed by atoms with Crippen LogP contribution in [0.15, 0.2) is 30.3 Å². The maximum absolute atomic E-state index is 15.6. The van der Waals surface area contributed by atoms with Gasteiger partial charge in [0.2, 0.25) is 0 Å². The fourth-order valence-electron chi connectivity index (χ4n) is 4.79. The van der Waals surface area contributed by atoms with Gasteiger partial charge in [0.1, 0.15) is 17.3 Å². The van der Waals surface area contributed by atoms with Gasteiger partial charge in [0, 0.05) is 28.9 Å². The van der Waals surface area contributed by atoms with Crippen molar-refractivity contribution in [3.63, 3.8) is 0 Å². The Morgan fingerprint density at radius 2 is 1.87 bits per heavy atom. The van der Waals surface area contributed by atoms with E-state index < -0.39 is 17.4 Å². The summed E-state index contributed by atoms with van der Waals surface area (Å²) in [6.45, 7) is 8.88. The Labute approximate surface area is 232 Å². The number of carbonyl (C=O) groups excluding carboxylic acids is 1. The summed E-state index contributed by atoms with van der Waals surface area (Å²) >= 11 is 7.26. The number of ether oxygens (including phenoxy) is 1. The van der Waals surface area contributed by atoms with Gasteiger partial charge in [-0.1, -0.05) is 11.6 Å². The van der Waals surface area contributed by atoms with Crippen molar-refractivity contribution in [2.45, 2.75) is 82.4 Å². The minimum absolute atomic E-state index is 0.0236. The fraction of sp³-hybridized carbons (Fsp3) is 0.552. The molecule has 4 rings (SSSR count). The summed E-state index contributed by atoms with van der Waals surface area (Å²) in [6.07, 6.45) is 2.53. The Balaban J connectivity index is 1.34. The molecule has 38 heavy (non-hydrogen) atoms. The van der Waals surface area contributed by atoms with E-state index in [0.29, 0.717) is 23.7 Å². The molecule has 1 aliphatic carbocycles. The highest BCUT2D eigenvalue weighted by Crippen LogP contribution is 2.43. The fourth-order valence-corrected chi connectivity index (χ4v) is 5.53. The lowest BCUT2D eigenvalue weighted by Crippen LogP contribution is -2.45. The largest absolute Gasteiger partial charge is 0.373 e. The lowest BCUT2D eigenvalue weighted by Gasteiger charge is -2.39. The molecule has 1 atom stereocenters. The van der Waals surface area contributed by atoms with Gasteiger partial charge in [-0.25, -0.2) is 13.2 Å². The number of nitrogens with one attached hydrogen (secondary N) is 1. The first-order valence-electron chi connectivity index (χ1n) is 13.1. The molecule has 0 spiro atoms. The third-order valence-electron chi connectivity index (χ3n) is 7.17. The number of alkyl halides is 1. The van der Waals surface area contributed by atoms with E-state index in [9.17, 15) is 13.6 Å². The van der Waals surface area contributed by atoms with Crippen molar-refractivity contribution in [2.75, 3.05) is 19.7 Å². The highest BCUT2D eigenvalue weighted by Gasteiger charge is 2.37. The number of likely N-dealkylation sites (tertiary alicyclic amines) is 1. The van der Waals surface area contributed by atoms with Crippen molar-refractivity contribution in [3.8, 4) is 0 Å². The third kappa shape index (κ3) is 7.68. The number of halogens is 4. The van der Waals surface area contributed by atoms with Crippen molar-refractivity contribution in [1.82, 2.24) is 9.62 Å². The van der Waals surface area contributed by atoms with Gasteiger partial charge in [-0.3, -0.25) is 14.4 Å². The van der Waals surface area contributed by atoms with Crippen molar-refractivity contribution >= 4 is 29.5 Å². The molecule has 2 aromatic rings. The summed E-state index contributed by atoms with van der Waals surface area (Å²) in [5.74, 6) is -1.17.